The van der Waals surface area contributed by atoms with Gasteiger partial charge in [0, 0.05) is 29.1 Å². The van der Waals surface area contributed by atoms with Crippen molar-refractivity contribution in [2.75, 3.05) is 11.6 Å². The molecule has 1 amide bonds. The van der Waals surface area contributed by atoms with Crippen LogP contribution in [0.5, 0.6) is 0 Å². The van der Waals surface area contributed by atoms with Crippen molar-refractivity contribution in [1.29, 1.82) is 0 Å². The predicted octanol–water partition coefficient (Wildman–Crippen LogP) is 3.52. The van der Waals surface area contributed by atoms with Crippen molar-refractivity contribution in [3.05, 3.63) is 47.7 Å². The third-order valence-electron chi connectivity index (χ3n) is 3.04. The number of amides is 1. The third-order valence-corrected chi connectivity index (χ3v) is 4.73. The fourth-order valence-corrected chi connectivity index (χ4v) is 3.31. The molecule has 0 atom stereocenters. The molecule has 0 saturated carbocycles. The minimum atomic E-state index is -0.201. The highest BCUT2D eigenvalue weighted by Gasteiger charge is 2.14. The first kappa shape index (κ1) is 14.8. The number of nitrogens with zero attached hydrogens (tertiary/aromatic N) is 3. The van der Waals surface area contributed by atoms with Crippen LogP contribution in [0.25, 0.3) is 10.6 Å². The number of carbonyl (C=O) groups is 1. The molecule has 0 saturated heterocycles. The molecule has 3 aromatic rings. The van der Waals surface area contributed by atoms with Crippen molar-refractivity contribution in [2.24, 2.45) is 7.05 Å². The Bertz CT molecular complexity index is 809. The van der Waals surface area contributed by atoms with Crippen LogP contribution >= 0.6 is 23.1 Å². The predicted molar refractivity (Wildman–Crippen MR) is 90.5 cm³/mol. The van der Waals surface area contributed by atoms with Gasteiger partial charge in [-0.15, -0.1) is 23.1 Å². The number of rotatable bonds is 4. The number of thiazole rings is 1. The largest absolute Gasteiger partial charge is 0.320 e. The van der Waals surface area contributed by atoms with Gasteiger partial charge in [0.15, 0.2) is 0 Å². The normalized spacial score (nSPS) is 10.6. The summed E-state index contributed by atoms with van der Waals surface area (Å²) in [5.74, 6) is -0.201. The van der Waals surface area contributed by atoms with E-state index in [9.17, 15) is 4.79 Å². The zero-order valence-electron chi connectivity index (χ0n) is 12.1. The average Bonchev–Trinajstić information content (AvgIpc) is 3.16. The monoisotopic (exact) mass is 330 g/mol. The number of anilines is 1. The van der Waals surface area contributed by atoms with E-state index in [2.05, 4.69) is 15.4 Å². The van der Waals surface area contributed by atoms with E-state index in [4.69, 9.17) is 0 Å². The molecule has 5 nitrogen and oxygen atoms in total. The lowest BCUT2D eigenvalue weighted by molar-refractivity contribution is 0.102. The second-order valence-electron chi connectivity index (χ2n) is 4.59. The number of hydrogen-bond acceptors (Lipinski definition) is 5. The molecule has 0 spiro atoms. The van der Waals surface area contributed by atoms with E-state index in [0.717, 1.165) is 21.2 Å². The topological polar surface area (TPSA) is 59.8 Å². The molecule has 1 N–H and O–H groups in total. The molecular formula is C15H14N4OS2. The maximum absolute atomic E-state index is 12.3. The summed E-state index contributed by atoms with van der Waals surface area (Å²) in [6.07, 6.45) is 5.60. The summed E-state index contributed by atoms with van der Waals surface area (Å²) in [6, 6.07) is 7.71. The maximum Gasteiger partial charge on any atom is 0.275 e. The zero-order valence-corrected chi connectivity index (χ0v) is 13.7. The van der Waals surface area contributed by atoms with Gasteiger partial charge < -0.3 is 5.32 Å². The van der Waals surface area contributed by atoms with Crippen molar-refractivity contribution in [3.63, 3.8) is 0 Å². The second kappa shape index (κ2) is 6.33. The average molecular weight is 330 g/mol. The minimum Gasteiger partial charge on any atom is -0.320 e. The van der Waals surface area contributed by atoms with Crippen molar-refractivity contribution >= 4 is 34.7 Å². The third kappa shape index (κ3) is 3.05. The van der Waals surface area contributed by atoms with Gasteiger partial charge in [0.2, 0.25) is 0 Å². The molecule has 0 radical (unpaired) electrons. The number of nitrogens with one attached hydrogen (secondary N) is 1. The van der Waals surface area contributed by atoms with Crippen molar-refractivity contribution in [3.8, 4) is 10.6 Å². The zero-order chi connectivity index (χ0) is 15.5. The number of aromatic nitrogens is 3. The summed E-state index contributed by atoms with van der Waals surface area (Å²) in [5.41, 5.74) is 2.13. The van der Waals surface area contributed by atoms with Crippen LogP contribution in [0.15, 0.2) is 46.9 Å². The smallest absolute Gasteiger partial charge is 0.275 e. The van der Waals surface area contributed by atoms with Gasteiger partial charge in [-0.2, -0.15) is 5.10 Å². The molecule has 0 aliphatic heterocycles. The van der Waals surface area contributed by atoms with E-state index >= 15 is 0 Å². The molecule has 22 heavy (non-hydrogen) atoms. The molecule has 1 aromatic carbocycles. The van der Waals surface area contributed by atoms with Crippen LogP contribution in [0.4, 0.5) is 5.69 Å². The molecule has 3 rings (SSSR count). The highest BCUT2D eigenvalue weighted by molar-refractivity contribution is 7.98. The van der Waals surface area contributed by atoms with Gasteiger partial charge in [-0.3, -0.25) is 9.48 Å². The Hall–Kier alpha value is -2.12. The first-order valence-corrected chi connectivity index (χ1v) is 8.66. The van der Waals surface area contributed by atoms with Crippen LogP contribution in [0, 0.1) is 0 Å². The number of para-hydroxylation sites is 1. The fourth-order valence-electron chi connectivity index (χ4n) is 1.98. The van der Waals surface area contributed by atoms with E-state index < -0.39 is 0 Å². The lowest BCUT2D eigenvalue weighted by Gasteiger charge is -2.07. The van der Waals surface area contributed by atoms with E-state index in [1.807, 2.05) is 43.8 Å². The van der Waals surface area contributed by atoms with Gasteiger partial charge >= 0.3 is 0 Å². The maximum atomic E-state index is 12.3. The molecule has 0 aliphatic rings. The van der Waals surface area contributed by atoms with E-state index in [-0.39, 0.29) is 5.91 Å². The quantitative estimate of drug-likeness (QED) is 0.744. The molecular weight excluding hydrogens is 316 g/mol. The van der Waals surface area contributed by atoms with Crippen molar-refractivity contribution < 1.29 is 4.79 Å². The molecule has 0 fully saturated rings. The highest BCUT2D eigenvalue weighted by Crippen LogP contribution is 2.26. The number of carbonyl (C=O) groups excluding carboxylic acids is 1. The molecule has 7 heteroatoms. The Labute approximate surface area is 136 Å². The standard InChI is InChI=1S/C15H14N4OS2/c1-19-8-10(7-16-19)15-18-12(9-22-15)14(20)17-11-5-3-4-6-13(11)21-2/h3-9H,1-2H3,(H,17,20). The Morgan fingerprint density at radius 2 is 2.18 bits per heavy atom. The Balaban J connectivity index is 1.80. The van der Waals surface area contributed by atoms with Gasteiger partial charge in [0.25, 0.3) is 5.91 Å². The molecule has 2 heterocycles. The number of hydrogen-bond donors (Lipinski definition) is 1. The summed E-state index contributed by atoms with van der Waals surface area (Å²) in [4.78, 5) is 17.8. The lowest BCUT2D eigenvalue weighted by Crippen LogP contribution is -2.12. The minimum absolute atomic E-state index is 0.201. The summed E-state index contributed by atoms with van der Waals surface area (Å²) in [5, 5.41) is 9.58. The van der Waals surface area contributed by atoms with E-state index in [1.165, 1.54) is 11.3 Å². The van der Waals surface area contributed by atoms with Crippen molar-refractivity contribution in [1.82, 2.24) is 14.8 Å². The van der Waals surface area contributed by atoms with Gasteiger partial charge in [-0.1, -0.05) is 12.1 Å². The van der Waals surface area contributed by atoms with E-state index in [0.29, 0.717) is 5.69 Å². The van der Waals surface area contributed by atoms with Crippen LogP contribution in [0.1, 0.15) is 10.5 Å². The Morgan fingerprint density at radius 1 is 1.36 bits per heavy atom. The van der Waals surface area contributed by atoms with Gasteiger partial charge in [-0.05, 0) is 18.4 Å². The summed E-state index contributed by atoms with van der Waals surface area (Å²) >= 11 is 3.03. The van der Waals surface area contributed by atoms with Crippen LogP contribution in [-0.4, -0.2) is 26.9 Å². The van der Waals surface area contributed by atoms with Gasteiger partial charge in [-0.25, -0.2) is 4.98 Å². The van der Waals surface area contributed by atoms with Crippen LogP contribution in [0.3, 0.4) is 0 Å². The molecule has 0 bridgehead atoms. The molecule has 2 aromatic heterocycles. The number of aryl methyl sites for hydroxylation is 1. The Kier molecular flexibility index (Phi) is 4.26. The first-order chi connectivity index (χ1) is 10.7. The van der Waals surface area contributed by atoms with Crippen molar-refractivity contribution in [2.45, 2.75) is 4.90 Å². The SMILES string of the molecule is CSc1ccccc1NC(=O)c1csc(-c2cnn(C)c2)n1. The summed E-state index contributed by atoms with van der Waals surface area (Å²) in [6.45, 7) is 0. The Morgan fingerprint density at radius 3 is 2.91 bits per heavy atom. The molecule has 112 valence electrons. The first-order valence-electron chi connectivity index (χ1n) is 6.56. The highest BCUT2D eigenvalue weighted by atomic mass is 32.2. The summed E-state index contributed by atoms with van der Waals surface area (Å²) in [7, 11) is 1.85. The second-order valence-corrected chi connectivity index (χ2v) is 6.30. The van der Waals surface area contributed by atoms with Gasteiger partial charge in [0.05, 0.1) is 11.9 Å². The van der Waals surface area contributed by atoms with Crippen LogP contribution in [-0.2, 0) is 7.05 Å². The number of benzene rings is 1. The van der Waals surface area contributed by atoms with Gasteiger partial charge in [0.1, 0.15) is 10.7 Å². The number of thioether (sulfide) groups is 1. The molecule has 0 aliphatic carbocycles. The lowest BCUT2D eigenvalue weighted by atomic mass is 10.3. The van der Waals surface area contributed by atoms with Crippen LogP contribution in [0.2, 0.25) is 0 Å². The summed E-state index contributed by atoms with van der Waals surface area (Å²) < 4.78 is 1.71. The molecule has 0 unspecified atom stereocenters. The van der Waals surface area contributed by atoms with E-state index in [1.54, 1.807) is 28.0 Å². The van der Waals surface area contributed by atoms with Crippen LogP contribution < -0.4 is 5.32 Å². The fraction of sp³-hybridized carbons (Fsp3) is 0.133.